The van der Waals surface area contributed by atoms with Gasteiger partial charge in [-0.25, -0.2) is 0 Å². The van der Waals surface area contributed by atoms with Crippen LogP contribution in [0, 0.1) is 0 Å². The van der Waals surface area contributed by atoms with E-state index in [1.165, 1.54) is 11.1 Å². The molecule has 0 radical (unpaired) electrons. The summed E-state index contributed by atoms with van der Waals surface area (Å²) in [7, 11) is 0. The Morgan fingerprint density at radius 2 is 1.94 bits per heavy atom. The van der Waals surface area contributed by atoms with Crippen LogP contribution in [0.5, 0.6) is 0 Å². The molecule has 0 aromatic carbocycles. The Morgan fingerprint density at radius 3 is 2.59 bits per heavy atom. The van der Waals surface area contributed by atoms with Gasteiger partial charge in [0, 0.05) is 18.4 Å². The minimum Gasteiger partial charge on any atom is -0.472 e. The lowest BCUT2D eigenvalue weighted by Gasteiger charge is -2.17. The summed E-state index contributed by atoms with van der Waals surface area (Å²) in [5.41, 5.74) is 2.56. The maximum atomic E-state index is 5.11. The number of rotatable bonds is 6. The summed E-state index contributed by atoms with van der Waals surface area (Å²) in [6, 6.07) is 6.61. The van der Waals surface area contributed by atoms with Crippen molar-refractivity contribution in [2.75, 3.05) is 6.54 Å². The molecule has 0 aliphatic rings. The van der Waals surface area contributed by atoms with Crippen LogP contribution in [0.1, 0.15) is 18.1 Å². The largest absolute Gasteiger partial charge is 0.472 e. The summed E-state index contributed by atoms with van der Waals surface area (Å²) in [5, 5.41) is 3.51. The average Bonchev–Trinajstić information content (AvgIpc) is 2.83. The second-order valence-corrected chi connectivity index (χ2v) is 4.15. The van der Waals surface area contributed by atoms with Crippen molar-refractivity contribution < 1.29 is 4.42 Å². The fourth-order valence-electron chi connectivity index (χ4n) is 2.00. The van der Waals surface area contributed by atoms with E-state index < -0.39 is 0 Å². The molecule has 17 heavy (non-hydrogen) atoms. The Labute approximate surface area is 102 Å². The molecule has 0 fully saturated rings. The smallest absolute Gasteiger partial charge is 0.0935 e. The summed E-state index contributed by atoms with van der Waals surface area (Å²) < 4.78 is 5.11. The summed E-state index contributed by atoms with van der Waals surface area (Å²) in [4.78, 5) is 4.04. The van der Waals surface area contributed by atoms with E-state index in [1.807, 2.05) is 24.7 Å². The molecule has 90 valence electrons. The predicted molar refractivity (Wildman–Crippen MR) is 67.8 cm³/mol. The highest BCUT2D eigenvalue weighted by Gasteiger charge is 2.10. The first-order valence-electron chi connectivity index (χ1n) is 6.02. The van der Waals surface area contributed by atoms with E-state index in [-0.39, 0.29) is 0 Å². The van der Waals surface area contributed by atoms with Gasteiger partial charge in [0.2, 0.25) is 0 Å². The molecule has 3 heteroatoms. The summed E-state index contributed by atoms with van der Waals surface area (Å²) in [6.07, 6.45) is 9.24. The summed E-state index contributed by atoms with van der Waals surface area (Å²) in [6.45, 7) is 3.11. The first kappa shape index (κ1) is 11.9. The van der Waals surface area contributed by atoms with Crippen LogP contribution in [-0.2, 0) is 12.8 Å². The third-order valence-electron chi connectivity index (χ3n) is 2.79. The number of likely N-dealkylation sites (N-methyl/N-ethyl adjacent to an activating group) is 1. The van der Waals surface area contributed by atoms with Crippen molar-refractivity contribution in [3.63, 3.8) is 0 Å². The molecule has 1 N–H and O–H groups in total. The minimum atomic E-state index is 0.444. The highest BCUT2D eigenvalue weighted by atomic mass is 16.3. The number of hydrogen-bond donors (Lipinski definition) is 1. The SMILES string of the molecule is CCNC(Cc1ccncc1)Cc1ccoc1. The lowest BCUT2D eigenvalue weighted by Crippen LogP contribution is -2.32. The fourth-order valence-corrected chi connectivity index (χ4v) is 2.00. The van der Waals surface area contributed by atoms with Crippen LogP contribution in [0.15, 0.2) is 47.5 Å². The van der Waals surface area contributed by atoms with E-state index in [1.54, 1.807) is 6.26 Å². The number of pyridine rings is 1. The maximum absolute atomic E-state index is 5.11. The van der Waals surface area contributed by atoms with E-state index >= 15 is 0 Å². The van der Waals surface area contributed by atoms with Crippen LogP contribution in [-0.4, -0.2) is 17.6 Å². The molecule has 2 heterocycles. The molecule has 2 rings (SSSR count). The van der Waals surface area contributed by atoms with E-state index in [0.717, 1.165) is 19.4 Å². The molecular formula is C14H18N2O. The van der Waals surface area contributed by atoms with Gasteiger partial charge in [-0.05, 0) is 48.7 Å². The monoisotopic (exact) mass is 230 g/mol. The van der Waals surface area contributed by atoms with Crippen LogP contribution in [0.3, 0.4) is 0 Å². The van der Waals surface area contributed by atoms with Gasteiger partial charge in [0.1, 0.15) is 0 Å². The number of furan rings is 1. The second-order valence-electron chi connectivity index (χ2n) is 4.15. The topological polar surface area (TPSA) is 38.1 Å². The van der Waals surface area contributed by atoms with Gasteiger partial charge < -0.3 is 9.73 Å². The summed E-state index contributed by atoms with van der Waals surface area (Å²) >= 11 is 0. The van der Waals surface area contributed by atoms with Gasteiger partial charge in [0.25, 0.3) is 0 Å². The highest BCUT2D eigenvalue weighted by Crippen LogP contribution is 2.09. The molecule has 2 aromatic rings. The third-order valence-corrected chi connectivity index (χ3v) is 2.79. The highest BCUT2D eigenvalue weighted by molar-refractivity contribution is 5.14. The van der Waals surface area contributed by atoms with E-state index in [0.29, 0.717) is 6.04 Å². The number of nitrogens with one attached hydrogen (secondary N) is 1. The first-order valence-corrected chi connectivity index (χ1v) is 6.02. The molecular weight excluding hydrogens is 212 g/mol. The predicted octanol–water partition coefficient (Wildman–Crippen LogP) is 2.44. The second kappa shape index (κ2) is 6.21. The van der Waals surface area contributed by atoms with Crippen molar-refractivity contribution in [2.45, 2.75) is 25.8 Å². The Morgan fingerprint density at radius 1 is 1.18 bits per heavy atom. The first-order chi connectivity index (χ1) is 8.38. The van der Waals surface area contributed by atoms with Crippen molar-refractivity contribution in [1.29, 1.82) is 0 Å². The molecule has 0 bridgehead atoms. The van der Waals surface area contributed by atoms with Crippen LogP contribution < -0.4 is 5.32 Å². The molecule has 0 amide bonds. The Bertz CT molecular complexity index is 411. The molecule has 0 aliphatic heterocycles. The van der Waals surface area contributed by atoms with Gasteiger partial charge in [-0.15, -0.1) is 0 Å². The molecule has 0 saturated heterocycles. The van der Waals surface area contributed by atoms with Gasteiger partial charge in [0.05, 0.1) is 12.5 Å². The quantitative estimate of drug-likeness (QED) is 0.828. The van der Waals surface area contributed by atoms with Gasteiger partial charge in [-0.2, -0.15) is 0 Å². The average molecular weight is 230 g/mol. The number of hydrogen-bond acceptors (Lipinski definition) is 3. The zero-order valence-electron chi connectivity index (χ0n) is 10.1. The Kier molecular flexibility index (Phi) is 4.33. The van der Waals surface area contributed by atoms with Crippen LogP contribution >= 0.6 is 0 Å². The van der Waals surface area contributed by atoms with Crippen molar-refractivity contribution in [3.05, 3.63) is 54.2 Å². The summed E-state index contributed by atoms with van der Waals surface area (Å²) in [5.74, 6) is 0. The van der Waals surface area contributed by atoms with Gasteiger partial charge >= 0.3 is 0 Å². The van der Waals surface area contributed by atoms with Crippen LogP contribution in [0.25, 0.3) is 0 Å². The fraction of sp³-hybridized carbons (Fsp3) is 0.357. The normalized spacial score (nSPS) is 12.5. The molecule has 1 atom stereocenters. The lowest BCUT2D eigenvalue weighted by atomic mass is 10.0. The Hall–Kier alpha value is -1.61. The molecule has 3 nitrogen and oxygen atoms in total. The molecule has 0 spiro atoms. The Balaban J connectivity index is 1.97. The molecule has 0 saturated carbocycles. The van der Waals surface area contributed by atoms with Crippen LogP contribution in [0.2, 0.25) is 0 Å². The molecule has 0 aliphatic carbocycles. The zero-order valence-corrected chi connectivity index (χ0v) is 10.1. The van der Waals surface area contributed by atoms with Gasteiger partial charge in [-0.3, -0.25) is 4.98 Å². The zero-order chi connectivity index (χ0) is 11.9. The van der Waals surface area contributed by atoms with E-state index in [9.17, 15) is 0 Å². The molecule has 1 unspecified atom stereocenters. The minimum absolute atomic E-state index is 0.444. The van der Waals surface area contributed by atoms with E-state index in [2.05, 4.69) is 29.4 Å². The van der Waals surface area contributed by atoms with Crippen LogP contribution in [0.4, 0.5) is 0 Å². The molecule has 2 aromatic heterocycles. The van der Waals surface area contributed by atoms with Crippen molar-refractivity contribution in [3.8, 4) is 0 Å². The maximum Gasteiger partial charge on any atom is 0.0935 e. The van der Waals surface area contributed by atoms with Gasteiger partial charge in [-0.1, -0.05) is 6.92 Å². The number of nitrogens with zero attached hydrogens (tertiary/aromatic N) is 1. The lowest BCUT2D eigenvalue weighted by molar-refractivity contribution is 0.513. The van der Waals surface area contributed by atoms with Gasteiger partial charge in [0.15, 0.2) is 0 Å². The third kappa shape index (κ3) is 3.71. The van der Waals surface area contributed by atoms with Crippen molar-refractivity contribution >= 4 is 0 Å². The van der Waals surface area contributed by atoms with Crippen molar-refractivity contribution in [1.82, 2.24) is 10.3 Å². The van der Waals surface area contributed by atoms with E-state index in [4.69, 9.17) is 4.42 Å². The van der Waals surface area contributed by atoms with Crippen molar-refractivity contribution in [2.24, 2.45) is 0 Å². The standard InChI is InChI=1S/C14H18N2O/c1-2-16-14(10-13-5-8-17-11-13)9-12-3-6-15-7-4-12/h3-8,11,14,16H,2,9-10H2,1H3. The number of aromatic nitrogens is 1.